The van der Waals surface area contributed by atoms with E-state index in [1.54, 1.807) is 14.2 Å². The molecule has 0 bridgehead atoms. The number of hydrogen-bond acceptors (Lipinski definition) is 4. The smallest absolute Gasteiger partial charge is 0.345 e. The van der Waals surface area contributed by atoms with E-state index < -0.39 is 5.69 Å². The predicted octanol–water partition coefficient (Wildman–Crippen LogP) is 1.76. The zero-order valence-electron chi connectivity index (χ0n) is 10.5. The van der Waals surface area contributed by atoms with Gasteiger partial charge in [-0.05, 0) is 24.6 Å². The topological polar surface area (TPSA) is 64.2 Å². The van der Waals surface area contributed by atoms with Crippen molar-refractivity contribution in [1.82, 2.24) is 9.97 Å². The van der Waals surface area contributed by atoms with E-state index in [2.05, 4.69) is 9.97 Å². The summed E-state index contributed by atoms with van der Waals surface area (Å²) in [6.07, 6.45) is 1.53. The molecule has 0 saturated carbocycles. The Morgan fingerprint density at radius 2 is 1.78 bits per heavy atom. The number of ether oxygens (including phenoxy) is 2. The van der Waals surface area contributed by atoms with Gasteiger partial charge in [0.15, 0.2) is 0 Å². The van der Waals surface area contributed by atoms with E-state index in [-0.39, 0.29) is 0 Å². The molecule has 0 radical (unpaired) electrons. The quantitative estimate of drug-likeness (QED) is 0.896. The first-order valence-electron chi connectivity index (χ1n) is 5.44. The van der Waals surface area contributed by atoms with Crippen LogP contribution in [0.3, 0.4) is 0 Å². The minimum absolute atomic E-state index is 0.399. The van der Waals surface area contributed by atoms with Crippen molar-refractivity contribution in [3.05, 3.63) is 40.4 Å². The molecule has 0 unspecified atom stereocenters. The number of hydrogen-bond donors (Lipinski definition) is 1. The second-order valence-corrected chi connectivity index (χ2v) is 3.78. The number of H-pyrrole nitrogens is 1. The maximum Gasteiger partial charge on any atom is 0.345 e. The lowest BCUT2D eigenvalue weighted by Gasteiger charge is -2.14. The Labute approximate surface area is 104 Å². The summed E-state index contributed by atoms with van der Waals surface area (Å²) in [4.78, 5) is 17.8. The van der Waals surface area contributed by atoms with E-state index in [1.165, 1.54) is 6.20 Å². The lowest BCUT2D eigenvalue weighted by molar-refractivity contribution is 0.397. The van der Waals surface area contributed by atoms with Crippen LogP contribution in [0.4, 0.5) is 0 Å². The Bertz CT molecular complexity index is 598. The van der Waals surface area contributed by atoms with E-state index in [0.29, 0.717) is 17.2 Å². The molecule has 0 amide bonds. The zero-order valence-corrected chi connectivity index (χ0v) is 10.5. The molecule has 1 aromatic carbocycles. The molecular weight excluding hydrogens is 232 g/mol. The molecule has 0 spiro atoms. The molecule has 2 rings (SSSR count). The first-order valence-corrected chi connectivity index (χ1v) is 5.44. The molecule has 1 N–H and O–H groups in total. The molecule has 0 saturated heterocycles. The summed E-state index contributed by atoms with van der Waals surface area (Å²) in [5.74, 6) is 1.28. The van der Waals surface area contributed by atoms with Gasteiger partial charge in [0.1, 0.15) is 11.5 Å². The fourth-order valence-corrected chi connectivity index (χ4v) is 1.82. The minimum atomic E-state index is -0.399. The Kier molecular flexibility index (Phi) is 3.32. The Morgan fingerprint density at radius 3 is 2.33 bits per heavy atom. The minimum Gasteiger partial charge on any atom is -0.496 e. The van der Waals surface area contributed by atoms with E-state index in [0.717, 1.165) is 11.1 Å². The fourth-order valence-electron chi connectivity index (χ4n) is 1.82. The highest BCUT2D eigenvalue weighted by molar-refractivity contribution is 5.75. The van der Waals surface area contributed by atoms with Crippen LogP contribution >= 0.6 is 0 Å². The maximum absolute atomic E-state index is 11.4. The zero-order chi connectivity index (χ0) is 13.1. The van der Waals surface area contributed by atoms with Crippen molar-refractivity contribution in [3.8, 4) is 22.8 Å². The van der Waals surface area contributed by atoms with Gasteiger partial charge in [-0.3, -0.25) is 0 Å². The molecule has 1 heterocycles. The molecule has 1 aromatic heterocycles. The number of methoxy groups -OCH3 is 2. The first kappa shape index (κ1) is 12.2. The second kappa shape index (κ2) is 4.91. The van der Waals surface area contributed by atoms with Crippen molar-refractivity contribution >= 4 is 0 Å². The van der Waals surface area contributed by atoms with Gasteiger partial charge in [0.2, 0.25) is 0 Å². The second-order valence-electron chi connectivity index (χ2n) is 3.78. The molecule has 18 heavy (non-hydrogen) atoms. The summed E-state index contributed by atoms with van der Waals surface area (Å²) >= 11 is 0. The van der Waals surface area contributed by atoms with Crippen molar-refractivity contribution in [2.75, 3.05) is 14.2 Å². The average molecular weight is 246 g/mol. The SMILES string of the molecule is COc1cccc(OC)c1-c1[nH]c(=O)ncc1C. The Balaban J connectivity index is 2.76. The summed E-state index contributed by atoms with van der Waals surface area (Å²) in [6.45, 7) is 1.87. The predicted molar refractivity (Wildman–Crippen MR) is 68.1 cm³/mol. The highest BCUT2D eigenvalue weighted by atomic mass is 16.5. The number of nitrogens with zero attached hydrogens (tertiary/aromatic N) is 1. The Morgan fingerprint density at radius 1 is 1.17 bits per heavy atom. The molecule has 5 heteroatoms. The third-order valence-electron chi connectivity index (χ3n) is 2.68. The van der Waals surface area contributed by atoms with Crippen molar-refractivity contribution in [3.63, 3.8) is 0 Å². The highest BCUT2D eigenvalue weighted by Crippen LogP contribution is 2.37. The van der Waals surface area contributed by atoms with Crippen LogP contribution in [0, 0.1) is 6.92 Å². The first-order chi connectivity index (χ1) is 8.67. The van der Waals surface area contributed by atoms with Gasteiger partial charge < -0.3 is 14.5 Å². The van der Waals surface area contributed by atoms with E-state index in [4.69, 9.17) is 9.47 Å². The molecule has 0 aliphatic heterocycles. The molecule has 0 aliphatic rings. The lowest BCUT2D eigenvalue weighted by Crippen LogP contribution is -2.12. The van der Waals surface area contributed by atoms with Crippen molar-refractivity contribution in [2.24, 2.45) is 0 Å². The van der Waals surface area contributed by atoms with Gasteiger partial charge in [-0.1, -0.05) is 6.07 Å². The molecule has 5 nitrogen and oxygen atoms in total. The van der Waals surface area contributed by atoms with Crippen LogP contribution in [0.5, 0.6) is 11.5 Å². The normalized spacial score (nSPS) is 10.2. The van der Waals surface area contributed by atoms with Gasteiger partial charge in [0.05, 0.1) is 25.5 Å². The Hall–Kier alpha value is -2.30. The number of benzene rings is 1. The van der Waals surface area contributed by atoms with Gasteiger partial charge in [-0.15, -0.1) is 0 Å². The standard InChI is InChI=1S/C13H14N2O3/c1-8-7-14-13(16)15-12(8)11-9(17-2)5-4-6-10(11)18-3/h4-7H,1-3H3,(H,14,15,16). The number of aryl methyl sites for hydroxylation is 1. The van der Waals surface area contributed by atoms with E-state index in [1.807, 2.05) is 25.1 Å². The lowest BCUT2D eigenvalue weighted by atomic mass is 10.1. The van der Waals surface area contributed by atoms with Gasteiger partial charge in [-0.2, -0.15) is 0 Å². The molecule has 0 fully saturated rings. The summed E-state index contributed by atoms with van der Waals surface area (Å²) in [7, 11) is 3.15. The van der Waals surface area contributed by atoms with Crippen LogP contribution in [0.2, 0.25) is 0 Å². The molecule has 0 aliphatic carbocycles. The van der Waals surface area contributed by atoms with Gasteiger partial charge in [-0.25, -0.2) is 9.78 Å². The molecular formula is C13H14N2O3. The number of nitrogens with one attached hydrogen (secondary N) is 1. The number of rotatable bonds is 3. The third-order valence-corrected chi connectivity index (χ3v) is 2.68. The number of aromatic amines is 1. The van der Waals surface area contributed by atoms with Crippen molar-refractivity contribution < 1.29 is 9.47 Å². The highest BCUT2D eigenvalue weighted by Gasteiger charge is 2.15. The molecule has 0 atom stereocenters. The summed E-state index contributed by atoms with van der Waals surface area (Å²) in [6, 6.07) is 5.46. The van der Waals surface area contributed by atoms with Crippen molar-refractivity contribution in [2.45, 2.75) is 6.92 Å². The van der Waals surface area contributed by atoms with Crippen molar-refractivity contribution in [1.29, 1.82) is 0 Å². The van der Waals surface area contributed by atoms with Crippen LogP contribution in [-0.2, 0) is 0 Å². The van der Waals surface area contributed by atoms with E-state index >= 15 is 0 Å². The van der Waals surface area contributed by atoms with Gasteiger partial charge in [0.25, 0.3) is 0 Å². The maximum atomic E-state index is 11.4. The fraction of sp³-hybridized carbons (Fsp3) is 0.231. The van der Waals surface area contributed by atoms with Crippen LogP contribution in [-0.4, -0.2) is 24.2 Å². The van der Waals surface area contributed by atoms with Crippen LogP contribution in [0.25, 0.3) is 11.3 Å². The third kappa shape index (κ3) is 2.07. The number of aromatic nitrogens is 2. The summed E-state index contributed by atoms with van der Waals surface area (Å²) in [5.41, 5.74) is 1.82. The van der Waals surface area contributed by atoms with Gasteiger partial charge >= 0.3 is 5.69 Å². The molecule has 94 valence electrons. The van der Waals surface area contributed by atoms with Gasteiger partial charge in [0, 0.05) is 6.20 Å². The molecule has 2 aromatic rings. The average Bonchev–Trinajstić information content (AvgIpc) is 2.40. The van der Waals surface area contributed by atoms with Crippen LogP contribution < -0.4 is 15.2 Å². The van der Waals surface area contributed by atoms with Crippen LogP contribution in [0.1, 0.15) is 5.56 Å². The van der Waals surface area contributed by atoms with E-state index in [9.17, 15) is 4.79 Å². The summed E-state index contributed by atoms with van der Waals surface area (Å²) < 4.78 is 10.6. The monoisotopic (exact) mass is 246 g/mol. The largest absolute Gasteiger partial charge is 0.496 e. The summed E-state index contributed by atoms with van der Waals surface area (Å²) in [5, 5.41) is 0. The van der Waals surface area contributed by atoms with Crippen LogP contribution in [0.15, 0.2) is 29.2 Å².